The van der Waals surface area contributed by atoms with Crippen molar-refractivity contribution in [2.45, 2.75) is 85.1 Å². The summed E-state index contributed by atoms with van der Waals surface area (Å²) in [5.41, 5.74) is 0. The van der Waals surface area contributed by atoms with Crippen molar-refractivity contribution < 1.29 is 4.79 Å². The first-order valence-corrected chi connectivity index (χ1v) is 9.12. The Morgan fingerprint density at radius 1 is 1.19 bits per heavy atom. The van der Waals surface area contributed by atoms with Crippen LogP contribution >= 0.6 is 0 Å². The molecule has 1 aliphatic carbocycles. The second kappa shape index (κ2) is 10.1. The summed E-state index contributed by atoms with van der Waals surface area (Å²) in [6, 6.07) is 0.396. The van der Waals surface area contributed by atoms with Gasteiger partial charge in [0, 0.05) is 12.6 Å². The fourth-order valence-corrected chi connectivity index (χ4v) is 3.18. The molecule has 0 aromatic rings. The lowest BCUT2D eigenvalue weighted by Gasteiger charge is -2.17. The average molecular weight is 296 g/mol. The van der Waals surface area contributed by atoms with Crippen molar-refractivity contribution in [3.05, 3.63) is 0 Å². The highest BCUT2D eigenvalue weighted by atomic mass is 16.2. The number of rotatable bonds is 11. The minimum absolute atomic E-state index is 0.0274. The molecule has 1 rings (SSSR count). The Morgan fingerprint density at radius 3 is 2.43 bits per heavy atom. The smallest absolute Gasteiger partial charge is 0.315 e. The molecule has 3 heteroatoms. The number of hydrogen-bond donors (Lipinski definition) is 2. The van der Waals surface area contributed by atoms with Crippen LogP contribution in [0, 0.1) is 17.8 Å². The van der Waals surface area contributed by atoms with Crippen molar-refractivity contribution >= 4 is 6.03 Å². The molecule has 124 valence electrons. The highest BCUT2D eigenvalue weighted by Gasteiger charge is 2.39. The van der Waals surface area contributed by atoms with Crippen molar-refractivity contribution in [2.75, 3.05) is 6.54 Å². The Kier molecular flexibility index (Phi) is 8.79. The number of urea groups is 1. The van der Waals surface area contributed by atoms with Gasteiger partial charge in [-0.2, -0.15) is 0 Å². The van der Waals surface area contributed by atoms with Crippen LogP contribution in [0.15, 0.2) is 0 Å². The van der Waals surface area contributed by atoms with Gasteiger partial charge in [-0.05, 0) is 43.4 Å². The van der Waals surface area contributed by atoms with Gasteiger partial charge in [-0.15, -0.1) is 0 Å². The number of hydrogen-bond acceptors (Lipinski definition) is 1. The van der Waals surface area contributed by atoms with Crippen LogP contribution in [0.25, 0.3) is 0 Å². The number of amides is 2. The monoisotopic (exact) mass is 296 g/mol. The zero-order valence-electron chi connectivity index (χ0n) is 14.6. The summed E-state index contributed by atoms with van der Waals surface area (Å²) in [5.74, 6) is 2.29. The summed E-state index contributed by atoms with van der Waals surface area (Å²) >= 11 is 0. The molecule has 4 unspecified atom stereocenters. The van der Waals surface area contributed by atoms with Gasteiger partial charge in [0.05, 0.1) is 0 Å². The van der Waals surface area contributed by atoms with Gasteiger partial charge in [0.2, 0.25) is 0 Å². The van der Waals surface area contributed by atoms with Crippen LogP contribution in [-0.2, 0) is 0 Å². The number of carbonyl (C=O) groups excluding carboxylic acids is 1. The van der Waals surface area contributed by atoms with E-state index in [0.717, 1.165) is 31.2 Å². The van der Waals surface area contributed by atoms with E-state index < -0.39 is 0 Å². The predicted molar refractivity (Wildman–Crippen MR) is 90.4 cm³/mol. The summed E-state index contributed by atoms with van der Waals surface area (Å²) in [4.78, 5) is 11.9. The highest BCUT2D eigenvalue weighted by Crippen LogP contribution is 2.41. The molecule has 0 aliphatic heterocycles. The Bertz CT molecular complexity index is 293. The van der Waals surface area contributed by atoms with Gasteiger partial charge < -0.3 is 10.6 Å². The maximum atomic E-state index is 11.9. The molecule has 1 saturated carbocycles. The molecule has 0 radical (unpaired) electrons. The van der Waals surface area contributed by atoms with Gasteiger partial charge in [0.15, 0.2) is 0 Å². The largest absolute Gasteiger partial charge is 0.338 e. The molecule has 0 bridgehead atoms. The van der Waals surface area contributed by atoms with Crippen molar-refractivity contribution in [1.82, 2.24) is 10.6 Å². The van der Waals surface area contributed by atoms with E-state index in [9.17, 15) is 4.79 Å². The number of carbonyl (C=O) groups is 1. The summed E-state index contributed by atoms with van der Waals surface area (Å²) in [6.45, 7) is 9.82. The Balaban J connectivity index is 2.02. The molecular formula is C18H36N2O. The van der Waals surface area contributed by atoms with E-state index in [0.29, 0.717) is 12.0 Å². The third kappa shape index (κ3) is 7.73. The minimum Gasteiger partial charge on any atom is -0.338 e. The molecule has 0 spiro atoms. The first-order chi connectivity index (χ1) is 10.1. The lowest BCUT2D eigenvalue weighted by molar-refractivity contribution is 0.234. The molecule has 1 aliphatic rings. The van der Waals surface area contributed by atoms with E-state index >= 15 is 0 Å². The fraction of sp³-hybridized carbons (Fsp3) is 0.944. The van der Waals surface area contributed by atoms with Crippen LogP contribution in [0.2, 0.25) is 0 Å². The summed E-state index contributed by atoms with van der Waals surface area (Å²) in [5, 5.41) is 6.16. The maximum absolute atomic E-state index is 11.9. The lowest BCUT2D eigenvalue weighted by Crippen LogP contribution is -2.43. The van der Waals surface area contributed by atoms with Crippen LogP contribution in [0.1, 0.15) is 79.1 Å². The van der Waals surface area contributed by atoms with Gasteiger partial charge >= 0.3 is 6.03 Å². The van der Waals surface area contributed by atoms with E-state index in [-0.39, 0.29) is 6.03 Å². The van der Waals surface area contributed by atoms with E-state index in [1.165, 1.54) is 38.5 Å². The average Bonchev–Trinajstić information content (AvgIpc) is 3.18. The third-order valence-corrected chi connectivity index (χ3v) is 4.90. The van der Waals surface area contributed by atoms with Gasteiger partial charge in [0.1, 0.15) is 0 Å². The van der Waals surface area contributed by atoms with Crippen LogP contribution in [0.3, 0.4) is 0 Å². The van der Waals surface area contributed by atoms with Crippen molar-refractivity contribution in [2.24, 2.45) is 17.8 Å². The van der Waals surface area contributed by atoms with Crippen molar-refractivity contribution in [3.63, 3.8) is 0 Å². The zero-order valence-corrected chi connectivity index (χ0v) is 14.6. The van der Waals surface area contributed by atoms with Crippen LogP contribution < -0.4 is 10.6 Å². The first-order valence-electron chi connectivity index (χ1n) is 9.12. The van der Waals surface area contributed by atoms with Crippen LogP contribution in [0.5, 0.6) is 0 Å². The Hall–Kier alpha value is -0.730. The van der Waals surface area contributed by atoms with Gasteiger partial charge in [-0.25, -0.2) is 4.79 Å². The van der Waals surface area contributed by atoms with Crippen molar-refractivity contribution in [3.8, 4) is 0 Å². The van der Waals surface area contributed by atoms with E-state index in [1.807, 2.05) is 0 Å². The van der Waals surface area contributed by atoms with Gasteiger partial charge in [-0.3, -0.25) is 0 Å². The SMILES string of the molecule is CCCCCC(C)CCCNC(=O)NC(CC)C1CC1C. The molecule has 2 amide bonds. The number of nitrogens with one attached hydrogen (secondary N) is 2. The molecule has 0 heterocycles. The van der Waals surface area contributed by atoms with Crippen molar-refractivity contribution in [1.29, 1.82) is 0 Å². The molecule has 3 nitrogen and oxygen atoms in total. The molecule has 0 aromatic carbocycles. The summed E-state index contributed by atoms with van der Waals surface area (Å²) in [6.07, 6.45) is 9.96. The normalized spacial score (nSPS) is 23.4. The lowest BCUT2D eigenvalue weighted by atomic mass is 9.98. The molecule has 21 heavy (non-hydrogen) atoms. The summed E-state index contributed by atoms with van der Waals surface area (Å²) < 4.78 is 0. The predicted octanol–water partition coefficient (Wildman–Crippen LogP) is 4.72. The van der Waals surface area contributed by atoms with E-state index in [4.69, 9.17) is 0 Å². The first kappa shape index (κ1) is 18.3. The quantitative estimate of drug-likeness (QED) is 0.532. The Morgan fingerprint density at radius 2 is 1.86 bits per heavy atom. The molecule has 0 aromatic heterocycles. The van der Waals surface area contributed by atoms with Crippen LogP contribution in [0.4, 0.5) is 4.79 Å². The molecule has 4 atom stereocenters. The zero-order chi connectivity index (χ0) is 15.7. The topological polar surface area (TPSA) is 41.1 Å². The molecule has 2 N–H and O–H groups in total. The third-order valence-electron chi connectivity index (χ3n) is 4.90. The standard InChI is InChI=1S/C18H36N2O/c1-5-7-8-10-14(3)11-9-12-19-18(21)20-17(6-2)16-13-15(16)4/h14-17H,5-13H2,1-4H3,(H2,19,20,21). The molecule has 0 saturated heterocycles. The molecule has 1 fully saturated rings. The van der Waals surface area contributed by atoms with Gasteiger partial charge in [0.25, 0.3) is 0 Å². The Labute approximate surface area is 131 Å². The van der Waals surface area contributed by atoms with Gasteiger partial charge in [-0.1, -0.05) is 53.4 Å². The van der Waals surface area contributed by atoms with Crippen LogP contribution in [-0.4, -0.2) is 18.6 Å². The minimum atomic E-state index is 0.0274. The maximum Gasteiger partial charge on any atom is 0.315 e. The molecular weight excluding hydrogens is 260 g/mol. The van der Waals surface area contributed by atoms with E-state index in [2.05, 4.69) is 38.3 Å². The van der Waals surface area contributed by atoms with E-state index in [1.54, 1.807) is 0 Å². The fourth-order valence-electron chi connectivity index (χ4n) is 3.18. The highest BCUT2D eigenvalue weighted by molar-refractivity contribution is 5.74. The second-order valence-electron chi connectivity index (χ2n) is 7.04. The number of unbranched alkanes of at least 4 members (excludes halogenated alkanes) is 2. The second-order valence-corrected chi connectivity index (χ2v) is 7.04. The summed E-state index contributed by atoms with van der Waals surface area (Å²) in [7, 11) is 0.